The van der Waals surface area contributed by atoms with Crippen molar-refractivity contribution in [3.8, 4) is 0 Å². The third-order valence-corrected chi connectivity index (χ3v) is 8.50. The van der Waals surface area contributed by atoms with Crippen LogP contribution >= 0.6 is 0 Å². The number of benzene rings is 4. The van der Waals surface area contributed by atoms with Gasteiger partial charge in [0.05, 0.1) is 11.1 Å². The largest absolute Gasteiger partial charge is 0.417 e. The van der Waals surface area contributed by atoms with Gasteiger partial charge in [0.15, 0.2) is 0 Å². The van der Waals surface area contributed by atoms with Crippen molar-refractivity contribution in [2.45, 2.75) is 64.1 Å². The van der Waals surface area contributed by atoms with E-state index in [9.17, 15) is 13.2 Å². The van der Waals surface area contributed by atoms with Gasteiger partial charge in [-0.25, -0.2) is 0 Å². The molecule has 0 bridgehead atoms. The minimum Gasteiger partial charge on any atom is -0.282 e. The minimum atomic E-state index is -4.42. The Morgan fingerprint density at radius 3 is 2.27 bits per heavy atom. The smallest absolute Gasteiger partial charge is 0.282 e. The van der Waals surface area contributed by atoms with Crippen molar-refractivity contribution in [2.75, 3.05) is 0 Å². The lowest BCUT2D eigenvalue weighted by Gasteiger charge is -2.37. The van der Waals surface area contributed by atoms with E-state index >= 15 is 0 Å². The number of aliphatic imine (C=N–C) groups is 1. The van der Waals surface area contributed by atoms with Gasteiger partial charge in [-0.1, -0.05) is 93.5 Å². The molecule has 4 aromatic rings. The van der Waals surface area contributed by atoms with E-state index in [-0.39, 0.29) is 16.8 Å². The summed E-state index contributed by atoms with van der Waals surface area (Å²) in [6.07, 6.45) is 18.7. The van der Waals surface area contributed by atoms with Crippen molar-refractivity contribution in [1.82, 2.24) is 0 Å². The number of alkyl halides is 3. The van der Waals surface area contributed by atoms with Crippen LogP contribution in [-0.2, 0) is 6.18 Å². The topological polar surface area (TPSA) is 12.4 Å². The molecule has 6 rings (SSSR count). The molecule has 0 amide bonds. The Hall–Kier alpha value is -3.92. The van der Waals surface area contributed by atoms with Crippen LogP contribution in [0.4, 0.5) is 13.2 Å². The molecule has 1 aliphatic heterocycles. The quantitative estimate of drug-likeness (QED) is 0.212. The zero-order valence-electron chi connectivity index (χ0n) is 23.7. The molecule has 1 heterocycles. The number of fused-ring (bicyclic) bond motifs is 9. The summed E-state index contributed by atoms with van der Waals surface area (Å²) in [6, 6.07) is 12.5. The van der Waals surface area contributed by atoms with Crippen molar-refractivity contribution in [2.24, 2.45) is 4.99 Å². The monoisotopic (exact) mass is 549 g/mol. The fourth-order valence-corrected chi connectivity index (χ4v) is 6.48. The normalized spacial score (nSPS) is 20.2. The Labute approximate surface area is 239 Å². The van der Waals surface area contributed by atoms with Gasteiger partial charge in [0.25, 0.3) is 0 Å². The maximum absolute atomic E-state index is 14.0. The molecule has 0 saturated carbocycles. The van der Waals surface area contributed by atoms with E-state index in [1.807, 2.05) is 24.4 Å². The highest BCUT2D eigenvalue weighted by Gasteiger charge is 2.38. The summed E-state index contributed by atoms with van der Waals surface area (Å²) in [4.78, 5) is 4.85. The molecular weight excluding hydrogens is 515 g/mol. The Kier molecular flexibility index (Phi) is 6.97. The van der Waals surface area contributed by atoms with Gasteiger partial charge in [0, 0.05) is 12.1 Å². The molecule has 2 atom stereocenters. The SMILES string of the molecule is CCC/C=C/c1cc2c(cc(/C=C/CCC)c3c4cccc(C(F)(F)F)c4ccc23)c2c1C1C=CC=NC1(C)C=C2. The number of dihydropyridines is 1. The second-order valence-electron chi connectivity index (χ2n) is 11.3. The molecule has 0 radical (unpaired) electrons. The Morgan fingerprint density at radius 2 is 1.54 bits per heavy atom. The van der Waals surface area contributed by atoms with Crippen LogP contribution in [0.2, 0.25) is 0 Å². The predicted molar refractivity (Wildman–Crippen MR) is 170 cm³/mol. The van der Waals surface area contributed by atoms with Crippen LogP contribution in [0.1, 0.15) is 80.2 Å². The van der Waals surface area contributed by atoms with Crippen LogP contribution in [-0.4, -0.2) is 11.8 Å². The van der Waals surface area contributed by atoms with Crippen LogP contribution < -0.4 is 0 Å². The maximum atomic E-state index is 14.0. The summed E-state index contributed by atoms with van der Waals surface area (Å²) >= 11 is 0. The van der Waals surface area contributed by atoms with E-state index in [4.69, 9.17) is 4.99 Å². The third kappa shape index (κ3) is 4.64. The summed E-state index contributed by atoms with van der Waals surface area (Å²) in [5.74, 6) is 0.0962. The first-order valence-corrected chi connectivity index (χ1v) is 14.6. The first-order chi connectivity index (χ1) is 19.8. The molecule has 208 valence electrons. The Balaban J connectivity index is 1.75. The molecule has 0 spiro atoms. The molecule has 4 aromatic carbocycles. The number of rotatable bonds is 6. The molecule has 1 aliphatic carbocycles. The highest BCUT2D eigenvalue weighted by Crippen LogP contribution is 2.48. The second-order valence-corrected chi connectivity index (χ2v) is 11.3. The number of allylic oxidation sites excluding steroid dienone is 3. The van der Waals surface area contributed by atoms with E-state index < -0.39 is 11.7 Å². The van der Waals surface area contributed by atoms with Crippen molar-refractivity contribution >= 4 is 56.8 Å². The summed E-state index contributed by atoms with van der Waals surface area (Å²) in [5.41, 5.74) is 3.56. The van der Waals surface area contributed by atoms with Gasteiger partial charge >= 0.3 is 6.18 Å². The zero-order chi connectivity index (χ0) is 28.8. The van der Waals surface area contributed by atoms with Crippen LogP contribution in [0.5, 0.6) is 0 Å². The Morgan fingerprint density at radius 1 is 0.854 bits per heavy atom. The number of unbranched alkanes of at least 4 members (excludes halogenated alkanes) is 2. The molecule has 2 aliphatic rings. The van der Waals surface area contributed by atoms with Gasteiger partial charge in [0.2, 0.25) is 0 Å². The lowest BCUT2D eigenvalue weighted by atomic mass is 9.70. The van der Waals surface area contributed by atoms with Crippen molar-refractivity contribution in [1.29, 1.82) is 0 Å². The zero-order valence-corrected chi connectivity index (χ0v) is 23.7. The molecule has 1 nitrogen and oxygen atoms in total. The van der Waals surface area contributed by atoms with Crippen LogP contribution in [0.15, 0.2) is 77.8 Å². The molecule has 0 saturated heterocycles. The molecule has 41 heavy (non-hydrogen) atoms. The van der Waals surface area contributed by atoms with Gasteiger partial charge in [0.1, 0.15) is 0 Å². The average Bonchev–Trinajstić information content (AvgIpc) is 2.95. The highest BCUT2D eigenvalue weighted by molar-refractivity contribution is 6.22. The Bertz CT molecular complexity index is 1820. The van der Waals surface area contributed by atoms with Crippen LogP contribution in [0, 0.1) is 0 Å². The van der Waals surface area contributed by atoms with Crippen molar-refractivity contribution in [3.05, 3.63) is 101 Å². The maximum Gasteiger partial charge on any atom is 0.417 e. The standard InChI is InChI=1S/C37H34F3N/c1-4-6-8-12-24-22-31-29-19-20-36(3)33(16-11-21-41-36)35(29)25(13-9-7-5-2)23-30(31)28-18-17-26-27(34(24)28)14-10-15-32(26)37(38,39)40/h8-23,33H,4-7H2,1-3H3/b12-8+,13-9+. The second kappa shape index (κ2) is 10.5. The molecule has 0 N–H and O–H groups in total. The molecule has 0 fully saturated rings. The van der Waals surface area contributed by atoms with E-state index in [1.165, 1.54) is 23.3 Å². The summed E-state index contributed by atoms with van der Waals surface area (Å²) in [7, 11) is 0. The van der Waals surface area contributed by atoms with Gasteiger partial charge in [-0.3, -0.25) is 4.99 Å². The van der Waals surface area contributed by atoms with E-state index in [2.05, 4.69) is 75.4 Å². The lowest BCUT2D eigenvalue weighted by Crippen LogP contribution is -2.32. The first-order valence-electron chi connectivity index (χ1n) is 14.6. The van der Waals surface area contributed by atoms with E-state index in [0.717, 1.165) is 58.4 Å². The van der Waals surface area contributed by atoms with Crippen molar-refractivity contribution in [3.63, 3.8) is 0 Å². The van der Waals surface area contributed by atoms with Gasteiger partial charge < -0.3 is 0 Å². The first kappa shape index (κ1) is 27.3. The average molecular weight is 550 g/mol. The summed E-state index contributed by atoms with van der Waals surface area (Å²) in [5, 5.41) is 4.87. The summed E-state index contributed by atoms with van der Waals surface area (Å²) in [6.45, 7) is 6.46. The van der Waals surface area contributed by atoms with Crippen LogP contribution in [0.3, 0.4) is 0 Å². The van der Waals surface area contributed by atoms with Gasteiger partial charge in [-0.15, -0.1) is 0 Å². The fraction of sp³-hybridized carbons (Fsp3) is 0.270. The van der Waals surface area contributed by atoms with Crippen LogP contribution in [0.25, 0.3) is 50.5 Å². The van der Waals surface area contributed by atoms with Crippen molar-refractivity contribution < 1.29 is 13.2 Å². The molecule has 4 heteroatoms. The molecule has 2 unspecified atom stereocenters. The number of halogens is 3. The number of nitrogens with zero attached hydrogens (tertiary/aromatic N) is 1. The van der Waals surface area contributed by atoms with Gasteiger partial charge in [-0.05, 0) is 98.6 Å². The number of hydrogen-bond donors (Lipinski definition) is 0. The van der Waals surface area contributed by atoms with E-state index in [1.54, 1.807) is 6.07 Å². The highest BCUT2D eigenvalue weighted by atomic mass is 19.4. The minimum absolute atomic E-state index is 0.0962. The molecule has 0 aromatic heterocycles. The fourth-order valence-electron chi connectivity index (χ4n) is 6.48. The molecular formula is C37H34F3N. The predicted octanol–water partition coefficient (Wildman–Crippen LogP) is 11.3. The number of hydrogen-bond acceptors (Lipinski definition) is 1. The summed E-state index contributed by atoms with van der Waals surface area (Å²) < 4.78 is 42.1. The third-order valence-electron chi connectivity index (χ3n) is 8.50. The van der Waals surface area contributed by atoms with Gasteiger partial charge in [-0.2, -0.15) is 13.2 Å². The van der Waals surface area contributed by atoms with E-state index in [0.29, 0.717) is 5.39 Å². The lowest BCUT2D eigenvalue weighted by molar-refractivity contribution is -0.136.